The van der Waals surface area contributed by atoms with Crippen molar-refractivity contribution in [3.8, 4) is 0 Å². The van der Waals surface area contributed by atoms with Gasteiger partial charge in [0.1, 0.15) is 38.0 Å². The number of hydrogen-bond acceptors (Lipinski definition) is 6. The lowest BCUT2D eigenvalue weighted by Crippen LogP contribution is -2.40. The van der Waals surface area contributed by atoms with Gasteiger partial charge in [-0.3, -0.25) is 18.8 Å². The molecule has 0 bridgehead atoms. The SMILES string of the molecule is CCCCCC/C=C/CCCCCCCCCC(=O)C1=[N+](CC(O)CS(=O)(=O)O)CCN1CCO. The highest BCUT2D eigenvalue weighted by atomic mass is 32.2. The first-order chi connectivity index (χ1) is 16.8. The Morgan fingerprint density at radius 1 is 1.00 bits per heavy atom. The zero-order valence-electron chi connectivity index (χ0n) is 21.7. The van der Waals surface area contributed by atoms with Gasteiger partial charge in [-0.2, -0.15) is 8.42 Å². The summed E-state index contributed by atoms with van der Waals surface area (Å²) in [7, 11) is -4.29. The smallest absolute Gasteiger partial charge is 0.316 e. The number of amidine groups is 1. The number of carbonyl (C=O) groups excluding carboxylic acids is 1. The Labute approximate surface area is 212 Å². The maximum absolute atomic E-state index is 12.9. The van der Waals surface area contributed by atoms with Crippen LogP contribution in [0.3, 0.4) is 0 Å². The zero-order valence-corrected chi connectivity index (χ0v) is 22.6. The van der Waals surface area contributed by atoms with Crippen molar-refractivity contribution < 1.29 is 32.6 Å². The molecule has 0 aromatic heterocycles. The summed E-state index contributed by atoms with van der Waals surface area (Å²) in [5.74, 6) is -0.372. The van der Waals surface area contributed by atoms with Crippen molar-refractivity contribution in [2.75, 3.05) is 38.5 Å². The number of allylic oxidation sites excluding steroid dienone is 2. The minimum atomic E-state index is -4.29. The first kappa shape index (κ1) is 31.7. The van der Waals surface area contributed by atoms with Gasteiger partial charge in [-0.1, -0.05) is 70.4 Å². The number of rotatable bonds is 22. The molecule has 1 aliphatic heterocycles. The Hall–Kier alpha value is -1.29. The summed E-state index contributed by atoms with van der Waals surface area (Å²) in [6.07, 6.45) is 19.2. The third-order valence-electron chi connectivity index (χ3n) is 6.36. The molecule has 0 radical (unpaired) electrons. The number of unbranched alkanes of at least 4 members (excludes halogenated alkanes) is 11. The molecule has 8 nitrogen and oxygen atoms in total. The Balaban J connectivity index is 2.26. The van der Waals surface area contributed by atoms with Crippen molar-refractivity contribution in [1.82, 2.24) is 4.90 Å². The van der Waals surface area contributed by atoms with Gasteiger partial charge < -0.3 is 10.2 Å². The van der Waals surface area contributed by atoms with E-state index in [0.717, 1.165) is 19.3 Å². The first-order valence-electron chi connectivity index (χ1n) is 13.6. The molecule has 1 heterocycles. The Morgan fingerprint density at radius 3 is 2.14 bits per heavy atom. The number of ketones is 1. The lowest BCUT2D eigenvalue weighted by molar-refractivity contribution is -0.525. The molecule has 0 aliphatic carbocycles. The van der Waals surface area contributed by atoms with Crippen molar-refractivity contribution in [1.29, 1.82) is 0 Å². The summed E-state index contributed by atoms with van der Waals surface area (Å²) in [6, 6.07) is 0. The number of aliphatic hydroxyl groups excluding tert-OH is 2. The maximum atomic E-state index is 12.9. The molecule has 0 fully saturated rings. The molecule has 1 atom stereocenters. The molecule has 0 amide bonds. The normalized spacial score (nSPS) is 15.5. The average molecular weight is 518 g/mol. The molecule has 1 rings (SSSR count). The van der Waals surface area contributed by atoms with E-state index in [1.165, 1.54) is 64.2 Å². The van der Waals surface area contributed by atoms with E-state index in [0.29, 0.717) is 31.9 Å². The molecule has 0 aromatic rings. The number of β-amino-alcohol motifs (C(OH)–C–C–N with tert-alkyl or cyclic N) is 2. The molecule has 1 aliphatic rings. The second-order valence-electron chi connectivity index (χ2n) is 9.64. The average Bonchev–Trinajstić information content (AvgIpc) is 3.17. The van der Waals surface area contributed by atoms with Crippen LogP contribution in [0.5, 0.6) is 0 Å². The van der Waals surface area contributed by atoms with Gasteiger partial charge in [-0.25, -0.2) is 0 Å². The topological polar surface area (TPSA) is 118 Å². The van der Waals surface area contributed by atoms with Crippen LogP contribution in [0.15, 0.2) is 12.2 Å². The van der Waals surface area contributed by atoms with E-state index >= 15 is 0 Å². The van der Waals surface area contributed by atoms with Gasteiger partial charge in [-0.05, 0) is 32.1 Å². The number of hydrogen-bond donors (Lipinski definition) is 3. The Bertz CT molecular complexity index is 751. The molecule has 9 heteroatoms. The quantitative estimate of drug-likeness (QED) is 0.0870. The monoisotopic (exact) mass is 517 g/mol. The van der Waals surface area contributed by atoms with E-state index in [2.05, 4.69) is 19.1 Å². The third-order valence-corrected chi connectivity index (χ3v) is 7.16. The summed E-state index contributed by atoms with van der Waals surface area (Å²) >= 11 is 0. The van der Waals surface area contributed by atoms with Crippen molar-refractivity contribution in [2.24, 2.45) is 0 Å². The molecule has 0 aromatic carbocycles. The molecule has 3 N–H and O–H groups in total. The van der Waals surface area contributed by atoms with Crippen LogP contribution in [0, 0.1) is 0 Å². The fourth-order valence-corrected chi connectivity index (χ4v) is 5.13. The molecular weight excluding hydrogens is 468 g/mol. The van der Waals surface area contributed by atoms with Crippen LogP contribution in [0.4, 0.5) is 0 Å². The van der Waals surface area contributed by atoms with Crippen molar-refractivity contribution in [3.63, 3.8) is 0 Å². The molecule has 204 valence electrons. The second kappa shape index (κ2) is 18.9. The lowest BCUT2D eigenvalue weighted by Gasteiger charge is -2.13. The second-order valence-corrected chi connectivity index (χ2v) is 11.1. The summed E-state index contributed by atoms with van der Waals surface area (Å²) in [5, 5.41) is 19.3. The summed E-state index contributed by atoms with van der Waals surface area (Å²) < 4.78 is 32.7. The Kier molecular flexibility index (Phi) is 17.1. The lowest BCUT2D eigenvalue weighted by atomic mass is 10.1. The van der Waals surface area contributed by atoms with Crippen LogP contribution in [0.2, 0.25) is 0 Å². The van der Waals surface area contributed by atoms with Crippen LogP contribution < -0.4 is 0 Å². The third kappa shape index (κ3) is 15.4. The van der Waals surface area contributed by atoms with Gasteiger partial charge >= 0.3 is 5.84 Å². The highest BCUT2D eigenvalue weighted by Crippen LogP contribution is 2.13. The highest BCUT2D eigenvalue weighted by Gasteiger charge is 2.36. The van der Waals surface area contributed by atoms with Crippen LogP contribution in [0.1, 0.15) is 96.8 Å². The fraction of sp³-hybridized carbons (Fsp3) is 0.846. The van der Waals surface area contributed by atoms with Gasteiger partial charge in [0, 0.05) is 6.42 Å². The van der Waals surface area contributed by atoms with E-state index in [1.54, 1.807) is 9.48 Å². The number of Topliss-reactive ketones (excluding diaryl/α,β-unsaturated/α-hetero) is 1. The molecule has 0 saturated carbocycles. The zero-order chi connectivity index (χ0) is 25.9. The van der Waals surface area contributed by atoms with Crippen LogP contribution in [-0.4, -0.2) is 88.9 Å². The summed E-state index contributed by atoms with van der Waals surface area (Å²) in [5.41, 5.74) is 0. The van der Waals surface area contributed by atoms with Gasteiger partial charge in [0.2, 0.25) is 5.78 Å². The van der Waals surface area contributed by atoms with E-state index in [9.17, 15) is 23.4 Å². The van der Waals surface area contributed by atoms with Gasteiger partial charge in [0.15, 0.2) is 0 Å². The summed E-state index contributed by atoms with van der Waals surface area (Å²) in [6.45, 7) is 3.43. The van der Waals surface area contributed by atoms with Gasteiger partial charge in [0.25, 0.3) is 10.1 Å². The first-order valence-corrected chi connectivity index (χ1v) is 15.2. The van der Waals surface area contributed by atoms with Crippen molar-refractivity contribution in [3.05, 3.63) is 12.2 Å². The van der Waals surface area contributed by atoms with Crippen molar-refractivity contribution in [2.45, 2.75) is 103 Å². The Morgan fingerprint density at radius 2 is 1.57 bits per heavy atom. The van der Waals surface area contributed by atoms with Crippen LogP contribution >= 0.6 is 0 Å². The molecular formula is C26H49N2O6S+. The predicted molar refractivity (Wildman–Crippen MR) is 141 cm³/mol. The largest absolute Gasteiger partial charge is 0.392 e. The number of nitrogens with zero attached hydrogens (tertiary/aromatic N) is 2. The van der Waals surface area contributed by atoms with Crippen molar-refractivity contribution >= 4 is 21.7 Å². The van der Waals surface area contributed by atoms with E-state index in [4.69, 9.17) is 4.55 Å². The fourth-order valence-electron chi connectivity index (χ4n) is 4.54. The standard InChI is InChI=1S/C26H48N2O6S/c1-2-3-4-5-6-7-8-9-10-11-12-13-14-15-16-17-25(31)26-27(20-21-29)18-19-28(26)22-24(30)23-35(32,33)34/h7-8,24,29-30H,2-6,9-23H2,1H3/p+1/b8-7+. The minimum Gasteiger partial charge on any atom is -0.392 e. The van der Waals surface area contributed by atoms with Crippen LogP contribution in [-0.2, 0) is 14.9 Å². The van der Waals surface area contributed by atoms with Crippen LogP contribution in [0.25, 0.3) is 0 Å². The number of aliphatic hydroxyl groups is 2. The van der Waals surface area contributed by atoms with Gasteiger partial charge in [-0.15, -0.1) is 0 Å². The molecule has 1 unspecified atom stereocenters. The summed E-state index contributed by atoms with van der Waals surface area (Å²) in [4.78, 5) is 14.7. The van der Waals surface area contributed by atoms with E-state index < -0.39 is 22.0 Å². The predicted octanol–water partition coefficient (Wildman–Crippen LogP) is 3.56. The number of carbonyl (C=O) groups is 1. The minimum absolute atomic E-state index is 0.0448. The maximum Gasteiger partial charge on any atom is 0.316 e. The van der Waals surface area contributed by atoms with E-state index in [1.807, 2.05) is 0 Å². The van der Waals surface area contributed by atoms with E-state index in [-0.39, 0.29) is 18.9 Å². The molecule has 0 saturated heterocycles. The van der Waals surface area contributed by atoms with Gasteiger partial charge in [0.05, 0.1) is 6.61 Å². The molecule has 35 heavy (non-hydrogen) atoms. The highest BCUT2D eigenvalue weighted by molar-refractivity contribution is 7.85. The molecule has 0 spiro atoms.